The summed E-state index contributed by atoms with van der Waals surface area (Å²) in [5.41, 5.74) is 0. The predicted molar refractivity (Wildman–Crippen MR) is 88.9 cm³/mol. The van der Waals surface area contributed by atoms with Gasteiger partial charge in [-0.15, -0.1) is 0 Å². The first-order valence-electron chi connectivity index (χ1n) is 8.55. The Balaban J connectivity index is 2.54. The van der Waals surface area contributed by atoms with Gasteiger partial charge >= 0.3 is 5.97 Å². The fourth-order valence-electron chi connectivity index (χ4n) is 3.10. The summed E-state index contributed by atoms with van der Waals surface area (Å²) in [7, 11) is 0. The second-order valence-electron chi connectivity index (χ2n) is 6.36. The van der Waals surface area contributed by atoms with Gasteiger partial charge in [0.05, 0.1) is 24.7 Å². The third kappa shape index (κ3) is 7.29. The number of aliphatic carboxylic acids is 1. The highest BCUT2D eigenvalue weighted by atomic mass is 16.4. The van der Waals surface area contributed by atoms with E-state index in [-0.39, 0.29) is 18.3 Å². The van der Waals surface area contributed by atoms with Crippen molar-refractivity contribution < 1.29 is 25.2 Å². The van der Waals surface area contributed by atoms with Gasteiger partial charge in [0.25, 0.3) is 0 Å². The Bertz CT molecular complexity index is 404. The number of rotatable bonds is 10. The highest BCUT2D eigenvalue weighted by Gasteiger charge is 2.39. The molecule has 0 heterocycles. The molecule has 5 heteroatoms. The zero-order valence-corrected chi connectivity index (χ0v) is 13.8. The molecule has 5 nitrogen and oxygen atoms in total. The van der Waals surface area contributed by atoms with Gasteiger partial charge in [-0.25, -0.2) is 0 Å². The first-order valence-corrected chi connectivity index (χ1v) is 8.55. The van der Waals surface area contributed by atoms with Crippen molar-refractivity contribution in [2.75, 3.05) is 0 Å². The SMILES string of the molecule is CCCCC[C@H](O)/C=C/[C@@H]1[C@@H](C/C=C\CC(=O)O)[C@@H](O)C[C@H]1O. The second-order valence-corrected chi connectivity index (χ2v) is 6.36. The third-order valence-corrected chi connectivity index (χ3v) is 4.44. The van der Waals surface area contributed by atoms with Crippen LogP contribution in [0.5, 0.6) is 0 Å². The lowest BCUT2D eigenvalue weighted by Gasteiger charge is -2.19. The van der Waals surface area contributed by atoms with Gasteiger partial charge in [0.1, 0.15) is 0 Å². The highest BCUT2D eigenvalue weighted by Crippen LogP contribution is 2.36. The van der Waals surface area contributed by atoms with E-state index in [2.05, 4.69) is 6.92 Å². The van der Waals surface area contributed by atoms with Crippen molar-refractivity contribution in [3.63, 3.8) is 0 Å². The Hall–Kier alpha value is -1.17. The second kappa shape index (κ2) is 10.6. The van der Waals surface area contributed by atoms with Gasteiger partial charge in [-0.1, -0.05) is 50.5 Å². The van der Waals surface area contributed by atoms with Crippen molar-refractivity contribution in [2.45, 2.75) is 70.2 Å². The molecule has 0 spiro atoms. The van der Waals surface area contributed by atoms with Crippen LogP contribution in [-0.4, -0.2) is 44.7 Å². The number of carboxylic acids is 1. The molecule has 4 N–H and O–H groups in total. The average Bonchev–Trinajstić information content (AvgIpc) is 2.75. The fraction of sp³-hybridized carbons (Fsp3) is 0.722. The van der Waals surface area contributed by atoms with Crippen LogP contribution in [0.15, 0.2) is 24.3 Å². The molecule has 0 aliphatic heterocycles. The number of carbonyl (C=O) groups is 1. The molecular weight excluding hydrogens is 296 g/mol. The summed E-state index contributed by atoms with van der Waals surface area (Å²) in [6, 6.07) is 0. The summed E-state index contributed by atoms with van der Waals surface area (Å²) in [5, 5.41) is 38.7. The molecule has 0 aromatic rings. The molecule has 1 fully saturated rings. The summed E-state index contributed by atoms with van der Waals surface area (Å²) in [5.74, 6) is -1.24. The number of aliphatic hydroxyl groups is 3. The van der Waals surface area contributed by atoms with Gasteiger partial charge < -0.3 is 20.4 Å². The molecule has 23 heavy (non-hydrogen) atoms. The topological polar surface area (TPSA) is 98.0 Å². The van der Waals surface area contributed by atoms with Crippen molar-refractivity contribution in [2.24, 2.45) is 11.8 Å². The van der Waals surface area contributed by atoms with Gasteiger partial charge in [-0.05, 0) is 18.8 Å². The first-order chi connectivity index (χ1) is 11.0. The third-order valence-electron chi connectivity index (χ3n) is 4.44. The van der Waals surface area contributed by atoms with E-state index in [1.54, 1.807) is 18.2 Å². The Labute approximate surface area is 138 Å². The van der Waals surface area contributed by atoms with E-state index in [9.17, 15) is 20.1 Å². The number of hydrogen-bond donors (Lipinski definition) is 4. The molecule has 0 bridgehead atoms. The van der Waals surface area contributed by atoms with E-state index in [1.165, 1.54) is 0 Å². The molecule has 0 saturated heterocycles. The van der Waals surface area contributed by atoms with Crippen molar-refractivity contribution in [1.29, 1.82) is 0 Å². The quantitative estimate of drug-likeness (QED) is 0.365. The van der Waals surface area contributed by atoms with E-state index >= 15 is 0 Å². The Morgan fingerprint density at radius 3 is 2.61 bits per heavy atom. The van der Waals surface area contributed by atoms with Crippen LogP contribution in [0.1, 0.15) is 51.9 Å². The lowest BCUT2D eigenvalue weighted by Crippen LogP contribution is -2.20. The normalized spacial score (nSPS) is 29.6. The first kappa shape index (κ1) is 19.9. The van der Waals surface area contributed by atoms with Crippen LogP contribution in [0.3, 0.4) is 0 Å². The maximum absolute atomic E-state index is 10.5. The van der Waals surface area contributed by atoms with Crippen molar-refractivity contribution in [1.82, 2.24) is 0 Å². The molecule has 1 saturated carbocycles. The summed E-state index contributed by atoms with van der Waals surface area (Å²) < 4.78 is 0. The molecule has 1 aliphatic carbocycles. The van der Waals surface area contributed by atoms with Crippen LogP contribution >= 0.6 is 0 Å². The lowest BCUT2D eigenvalue weighted by molar-refractivity contribution is -0.136. The van der Waals surface area contributed by atoms with Crippen LogP contribution in [0.25, 0.3) is 0 Å². The van der Waals surface area contributed by atoms with E-state index in [4.69, 9.17) is 5.11 Å². The highest BCUT2D eigenvalue weighted by molar-refractivity contribution is 5.68. The molecular formula is C18H30O5. The minimum absolute atomic E-state index is 0.0397. The van der Waals surface area contributed by atoms with Crippen LogP contribution < -0.4 is 0 Å². The molecule has 0 unspecified atom stereocenters. The van der Waals surface area contributed by atoms with Gasteiger partial charge in [0, 0.05) is 12.3 Å². The van der Waals surface area contributed by atoms with Gasteiger partial charge in [-0.3, -0.25) is 4.79 Å². The zero-order valence-electron chi connectivity index (χ0n) is 13.8. The summed E-state index contributed by atoms with van der Waals surface area (Å²) in [6.45, 7) is 2.11. The summed E-state index contributed by atoms with van der Waals surface area (Å²) in [4.78, 5) is 10.5. The summed E-state index contributed by atoms with van der Waals surface area (Å²) >= 11 is 0. The van der Waals surface area contributed by atoms with Crippen molar-refractivity contribution >= 4 is 5.97 Å². The van der Waals surface area contributed by atoms with Gasteiger partial charge in [0.2, 0.25) is 0 Å². The molecule has 0 amide bonds. The Kier molecular flexibility index (Phi) is 9.14. The van der Waals surface area contributed by atoms with Crippen molar-refractivity contribution in [3.05, 3.63) is 24.3 Å². The average molecular weight is 326 g/mol. The number of allylic oxidation sites excluding steroid dienone is 1. The number of carboxylic acid groups (broad SMARTS) is 1. The maximum Gasteiger partial charge on any atom is 0.307 e. The zero-order chi connectivity index (χ0) is 17.2. The predicted octanol–water partition coefficient (Wildman–Crippen LogP) is 2.26. The Morgan fingerprint density at radius 2 is 1.96 bits per heavy atom. The van der Waals surface area contributed by atoms with Crippen LogP contribution in [-0.2, 0) is 4.79 Å². The van der Waals surface area contributed by atoms with Gasteiger partial charge in [-0.2, -0.15) is 0 Å². The van der Waals surface area contributed by atoms with E-state index in [0.29, 0.717) is 19.3 Å². The van der Waals surface area contributed by atoms with Gasteiger partial charge in [0.15, 0.2) is 0 Å². The van der Waals surface area contributed by atoms with E-state index < -0.39 is 24.3 Å². The van der Waals surface area contributed by atoms with Crippen LogP contribution in [0.4, 0.5) is 0 Å². The largest absolute Gasteiger partial charge is 0.481 e. The minimum atomic E-state index is -0.889. The minimum Gasteiger partial charge on any atom is -0.481 e. The Morgan fingerprint density at radius 1 is 1.22 bits per heavy atom. The molecule has 0 aromatic heterocycles. The molecule has 1 rings (SSSR count). The van der Waals surface area contributed by atoms with Crippen LogP contribution in [0, 0.1) is 11.8 Å². The van der Waals surface area contributed by atoms with E-state index in [0.717, 1.165) is 19.3 Å². The fourth-order valence-corrected chi connectivity index (χ4v) is 3.10. The molecule has 132 valence electrons. The van der Waals surface area contributed by atoms with Crippen LogP contribution in [0.2, 0.25) is 0 Å². The number of aliphatic hydroxyl groups excluding tert-OH is 3. The smallest absolute Gasteiger partial charge is 0.307 e. The molecule has 5 atom stereocenters. The van der Waals surface area contributed by atoms with Crippen molar-refractivity contribution in [3.8, 4) is 0 Å². The van der Waals surface area contributed by atoms with E-state index in [1.807, 2.05) is 6.08 Å². The molecule has 0 aromatic carbocycles. The molecule has 0 radical (unpaired) electrons. The molecule has 1 aliphatic rings. The standard InChI is InChI=1S/C18H30O5/c1-2-3-4-7-13(19)10-11-15-14(16(20)12-17(15)21)8-5-6-9-18(22)23/h5-6,10-11,13-17,19-21H,2-4,7-9,12H2,1H3,(H,22,23)/b6-5-,11-10+/t13-,14+,15+,16-,17+/m0/s1. The monoisotopic (exact) mass is 326 g/mol. The number of unbranched alkanes of at least 4 members (excludes halogenated alkanes) is 2. The lowest BCUT2D eigenvalue weighted by atomic mass is 9.89. The number of hydrogen-bond acceptors (Lipinski definition) is 4. The maximum atomic E-state index is 10.5. The summed E-state index contributed by atoms with van der Waals surface area (Å²) in [6.07, 6.45) is 9.77.